The first kappa shape index (κ1) is 15.9. The normalized spacial score (nSPS) is 20.2. The fraction of sp³-hybridized carbons (Fsp3) is 0.400. The lowest BCUT2D eigenvalue weighted by Gasteiger charge is -2.36. The van der Waals surface area contributed by atoms with Gasteiger partial charge in [-0.25, -0.2) is 0 Å². The van der Waals surface area contributed by atoms with Gasteiger partial charge in [0.15, 0.2) is 11.5 Å². The maximum Gasteiger partial charge on any atom is 0.161 e. The highest BCUT2D eigenvalue weighted by Crippen LogP contribution is 2.42. The van der Waals surface area contributed by atoms with E-state index in [4.69, 9.17) is 9.47 Å². The van der Waals surface area contributed by atoms with Gasteiger partial charge in [-0.15, -0.1) is 0 Å². The van der Waals surface area contributed by atoms with E-state index in [-0.39, 0.29) is 0 Å². The molecule has 3 heteroatoms. The second kappa shape index (κ2) is 6.63. The molecule has 2 aromatic rings. The third-order valence-electron chi connectivity index (χ3n) is 4.92. The molecule has 0 spiro atoms. The highest BCUT2D eigenvalue weighted by atomic mass is 16.5. The largest absolute Gasteiger partial charge is 0.493 e. The number of ether oxygens (including phenoxy) is 2. The van der Waals surface area contributed by atoms with Gasteiger partial charge in [-0.05, 0) is 55.8 Å². The molecule has 122 valence electrons. The predicted octanol–water partition coefficient (Wildman–Crippen LogP) is 3.71. The first-order chi connectivity index (χ1) is 11.1. The van der Waals surface area contributed by atoms with Gasteiger partial charge in [-0.1, -0.05) is 30.3 Å². The van der Waals surface area contributed by atoms with Crippen molar-refractivity contribution in [1.82, 2.24) is 4.90 Å². The molecule has 2 atom stereocenters. The number of benzene rings is 2. The zero-order chi connectivity index (χ0) is 16.4. The minimum absolute atomic E-state index is 0.396. The number of rotatable bonds is 4. The molecule has 23 heavy (non-hydrogen) atoms. The van der Waals surface area contributed by atoms with Crippen molar-refractivity contribution in [3.8, 4) is 11.5 Å². The Kier molecular flexibility index (Phi) is 4.58. The standard InChI is InChI=1S/C20H25NO2/c1-21(2)16-10-15-11-19(22-3)20(23-4)13-18(15)17(12-16)14-8-6-5-7-9-14/h5-9,11,13,16-17H,10,12H2,1-4H3/t16-,17+/m0/s1. The van der Waals surface area contributed by atoms with Crippen molar-refractivity contribution in [1.29, 1.82) is 0 Å². The second-order valence-electron chi connectivity index (χ2n) is 6.43. The van der Waals surface area contributed by atoms with Gasteiger partial charge in [-0.2, -0.15) is 0 Å². The van der Waals surface area contributed by atoms with Crippen LogP contribution in [0.25, 0.3) is 0 Å². The Balaban J connectivity index is 2.11. The monoisotopic (exact) mass is 311 g/mol. The van der Waals surface area contributed by atoms with E-state index in [1.165, 1.54) is 16.7 Å². The molecule has 0 bridgehead atoms. The maximum atomic E-state index is 5.53. The molecule has 2 aromatic carbocycles. The summed E-state index contributed by atoms with van der Waals surface area (Å²) in [6.45, 7) is 0. The second-order valence-corrected chi connectivity index (χ2v) is 6.43. The van der Waals surface area contributed by atoms with Crippen LogP contribution in [-0.4, -0.2) is 39.3 Å². The summed E-state index contributed by atoms with van der Waals surface area (Å²) in [6.07, 6.45) is 2.17. The van der Waals surface area contributed by atoms with Gasteiger partial charge in [-0.3, -0.25) is 0 Å². The van der Waals surface area contributed by atoms with Crippen LogP contribution in [0.3, 0.4) is 0 Å². The van der Waals surface area contributed by atoms with Crippen LogP contribution in [0.5, 0.6) is 11.5 Å². The van der Waals surface area contributed by atoms with Crippen molar-refractivity contribution in [2.45, 2.75) is 24.8 Å². The highest BCUT2D eigenvalue weighted by Gasteiger charge is 2.30. The van der Waals surface area contributed by atoms with Gasteiger partial charge < -0.3 is 14.4 Å². The number of hydrogen-bond donors (Lipinski definition) is 0. The number of methoxy groups -OCH3 is 2. The smallest absolute Gasteiger partial charge is 0.161 e. The molecule has 0 fully saturated rings. The Hall–Kier alpha value is -2.00. The van der Waals surface area contributed by atoms with Gasteiger partial charge >= 0.3 is 0 Å². The molecule has 3 nitrogen and oxygen atoms in total. The summed E-state index contributed by atoms with van der Waals surface area (Å²) in [6, 6.07) is 15.6. The molecule has 1 aliphatic carbocycles. The van der Waals surface area contributed by atoms with Gasteiger partial charge in [0.25, 0.3) is 0 Å². The minimum Gasteiger partial charge on any atom is -0.493 e. The van der Waals surface area contributed by atoms with Crippen LogP contribution in [-0.2, 0) is 6.42 Å². The number of likely N-dealkylation sites (N-methyl/N-ethyl adjacent to an activating group) is 1. The first-order valence-corrected chi connectivity index (χ1v) is 8.10. The van der Waals surface area contributed by atoms with Gasteiger partial charge in [0.1, 0.15) is 0 Å². The molecular weight excluding hydrogens is 286 g/mol. The van der Waals surface area contributed by atoms with Crippen molar-refractivity contribution in [3.05, 3.63) is 59.2 Å². The molecule has 0 heterocycles. The first-order valence-electron chi connectivity index (χ1n) is 8.10. The lowest BCUT2D eigenvalue weighted by molar-refractivity contribution is 0.257. The van der Waals surface area contributed by atoms with Crippen molar-refractivity contribution >= 4 is 0 Å². The SMILES string of the molecule is COc1cc2c(cc1OC)[C@@H](c1ccccc1)C[C@@H](N(C)C)C2. The molecule has 0 aliphatic heterocycles. The van der Waals surface area contributed by atoms with E-state index in [9.17, 15) is 0 Å². The fourth-order valence-electron chi connectivity index (χ4n) is 3.57. The summed E-state index contributed by atoms with van der Waals surface area (Å²) in [5.41, 5.74) is 4.10. The van der Waals surface area contributed by atoms with E-state index in [1.807, 2.05) is 0 Å². The van der Waals surface area contributed by atoms with E-state index in [0.717, 1.165) is 24.3 Å². The maximum absolute atomic E-state index is 5.53. The quantitative estimate of drug-likeness (QED) is 0.859. The molecule has 0 saturated heterocycles. The molecule has 0 amide bonds. The van der Waals surface area contributed by atoms with E-state index < -0.39 is 0 Å². The van der Waals surface area contributed by atoms with Crippen LogP contribution >= 0.6 is 0 Å². The van der Waals surface area contributed by atoms with E-state index in [2.05, 4.69) is 61.5 Å². The average molecular weight is 311 g/mol. The van der Waals surface area contributed by atoms with Crippen LogP contribution < -0.4 is 9.47 Å². The molecule has 0 saturated carbocycles. The van der Waals surface area contributed by atoms with Crippen molar-refractivity contribution in [2.24, 2.45) is 0 Å². The Labute approximate surface area is 138 Å². The van der Waals surface area contributed by atoms with E-state index in [0.29, 0.717) is 12.0 Å². The van der Waals surface area contributed by atoms with Gasteiger partial charge in [0.2, 0.25) is 0 Å². The molecule has 0 aromatic heterocycles. The highest BCUT2D eigenvalue weighted by molar-refractivity contribution is 5.52. The van der Waals surface area contributed by atoms with Gasteiger partial charge in [0.05, 0.1) is 14.2 Å². The summed E-state index contributed by atoms with van der Waals surface area (Å²) in [4.78, 5) is 2.33. The summed E-state index contributed by atoms with van der Waals surface area (Å²) in [7, 11) is 7.73. The zero-order valence-corrected chi connectivity index (χ0v) is 14.4. The van der Waals surface area contributed by atoms with Gasteiger partial charge in [0, 0.05) is 12.0 Å². The minimum atomic E-state index is 0.396. The van der Waals surface area contributed by atoms with E-state index >= 15 is 0 Å². The summed E-state index contributed by atoms with van der Waals surface area (Å²) in [5.74, 6) is 2.03. The zero-order valence-electron chi connectivity index (χ0n) is 14.4. The molecular formula is C20H25NO2. The number of fused-ring (bicyclic) bond motifs is 1. The van der Waals surface area contributed by atoms with Crippen LogP contribution in [0.4, 0.5) is 0 Å². The number of nitrogens with zero attached hydrogens (tertiary/aromatic N) is 1. The molecule has 0 unspecified atom stereocenters. The Bertz CT molecular complexity index is 667. The molecule has 1 aliphatic rings. The van der Waals surface area contributed by atoms with Crippen molar-refractivity contribution < 1.29 is 9.47 Å². The van der Waals surface area contributed by atoms with Crippen molar-refractivity contribution in [3.63, 3.8) is 0 Å². The third-order valence-corrected chi connectivity index (χ3v) is 4.92. The van der Waals surface area contributed by atoms with E-state index in [1.54, 1.807) is 14.2 Å². The third kappa shape index (κ3) is 3.06. The van der Waals surface area contributed by atoms with Crippen molar-refractivity contribution in [2.75, 3.05) is 28.3 Å². The van der Waals surface area contributed by atoms with Crippen LogP contribution in [0, 0.1) is 0 Å². The Morgan fingerprint density at radius 3 is 2.22 bits per heavy atom. The fourth-order valence-corrected chi connectivity index (χ4v) is 3.57. The predicted molar refractivity (Wildman–Crippen MR) is 93.6 cm³/mol. The molecule has 0 radical (unpaired) electrons. The summed E-state index contributed by atoms with van der Waals surface area (Å²) >= 11 is 0. The Morgan fingerprint density at radius 1 is 0.957 bits per heavy atom. The lowest BCUT2D eigenvalue weighted by Crippen LogP contribution is -2.35. The average Bonchev–Trinajstić information content (AvgIpc) is 2.60. The Morgan fingerprint density at radius 2 is 1.61 bits per heavy atom. The van der Waals surface area contributed by atoms with Crippen LogP contribution in [0.2, 0.25) is 0 Å². The number of hydrogen-bond acceptors (Lipinski definition) is 3. The lowest BCUT2D eigenvalue weighted by atomic mass is 9.76. The topological polar surface area (TPSA) is 21.7 Å². The molecule has 3 rings (SSSR count). The summed E-state index contributed by atoms with van der Waals surface area (Å²) < 4.78 is 11.0. The van der Waals surface area contributed by atoms with Crippen LogP contribution in [0.15, 0.2) is 42.5 Å². The van der Waals surface area contributed by atoms with Crippen LogP contribution in [0.1, 0.15) is 29.0 Å². The molecule has 0 N–H and O–H groups in total. The summed E-state index contributed by atoms with van der Waals surface area (Å²) in [5, 5.41) is 0.